The lowest BCUT2D eigenvalue weighted by atomic mass is 10.2. The molecule has 0 N–H and O–H groups in total. The second-order valence-corrected chi connectivity index (χ2v) is 7.80. The molecule has 112 valence electrons. The fraction of sp³-hybridized carbons (Fsp3) is 0.143. The molecule has 2 rings (SSSR count). The average Bonchev–Trinajstić information content (AvgIpc) is 2.38. The Balaban J connectivity index is 2.17. The van der Waals surface area contributed by atoms with Gasteiger partial charge in [-0.05, 0) is 42.8 Å². The van der Waals surface area contributed by atoms with Crippen molar-refractivity contribution in [1.29, 1.82) is 0 Å². The van der Waals surface area contributed by atoms with E-state index in [1.54, 1.807) is 31.2 Å². The van der Waals surface area contributed by atoms with Crippen LogP contribution in [0.2, 0.25) is 10.0 Å². The Labute approximate surface area is 137 Å². The zero-order valence-corrected chi connectivity index (χ0v) is 14.0. The monoisotopic (exact) mass is 364 g/mol. The Morgan fingerprint density at radius 2 is 1.81 bits per heavy atom. The third-order valence-corrected chi connectivity index (χ3v) is 4.76. The first kappa shape index (κ1) is 16.4. The molecule has 21 heavy (non-hydrogen) atoms. The van der Waals surface area contributed by atoms with Crippen LogP contribution in [0, 0.1) is 6.92 Å². The summed E-state index contributed by atoms with van der Waals surface area (Å²) < 4.78 is 28.1. The van der Waals surface area contributed by atoms with Gasteiger partial charge in [-0.2, -0.15) is 0 Å². The van der Waals surface area contributed by atoms with Crippen LogP contribution in [0.4, 0.5) is 0 Å². The predicted octanol–water partition coefficient (Wildman–Crippen LogP) is 4.81. The van der Waals surface area contributed by atoms with Gasteiger partial charge in [0.05, 0.1) is 4.90 Å². The number of rotatable bonds is 4. The highest BCUT2D eigenvalue weighted by Crippen LogP contribution is 2.26. The maximum atomic E-state index is 11.2. The van der Waals surface area contributed by atoms with Crippen LogP contribution in [0.15, 0.2) is 41.3 Å². The zero-order chi connectivity index (χ0) is 15.6. The minimum absolute atomic E-state index is 0.0403. The molecule has 0 amide bonds. The molecule has 0 unspecified atom stereocenters. The Kier molecular flexibility index (Phi) is 5.04. The van der Waals surface area contributed by atoms with Crippen molar-refractivity contribution in [2.24, 2.45) is 0 Å². The molecule has 0 spiro atoms. The molecule has 2 aromatic carbocycles. The van der Waals surface area contributed by atoms with E-state index in [0.29, 0.717) is 21.4 Å². The van der Waals surface area contributed by atoms with E-state index in [-0.39, 0.29) is 11.5 Å². The molecule has 3 nitrogen and oxygen atoms in total. The molecule has 0 aliphatic heterocycles. The lowest BCUT2D eigenvalue weighted by Gasteiger charge is -2.11. The van der Waals surface area contributed by atoms with Crippen molar-refractivity contribution >= 4 is 42.9 Å². The average molecular weight is 366 g/mol. The third kappa shape index (κ3) is 4.27. The summed E-state index contributed by atoms with van der Waals surface area (Å²) in [7, 11) is 1.55. The fourth-order valence-electron chi connectivity index (χ4n) is 1.73. The molecule has 0 fully saturated rings. The predicted molar refractivity (Wildman–Crippen MR) is 85.0 cm³/mol. The van der Waals surface area contributed by atoms with Crippen LogP contribution in [-0.4, -0.2) is 8.42 Å². The first-order valence-electron chi connectivity index (χ1n) is 5.89. The Morgan fingerprint density at radius 3 is 2.38 bits per heavy atom. The molecule has 0 heterocycles. The van der Waals surface area contributed by atoms with Crippen molar-refractivity contribution in [2.45, 2.75) is 18.4 Å². The van der Waals surface area contributed by atoms with Gasteiger partial charge in [0.2, 0.25) is 0 Å². The van der Waals surface area contributed by atoms with Gasteiger partial charge in [-0.3, -0.25) is 0 Å². The van der Waals surface area contributed by atoms with Crippen LogP contribution in [0.1, 0.15) is 11.1 Å². The number of hydrogen-bond acceptors (Lipinski definition) is 3. The van der Waals surface area contributed by atoms with Gasteiger partial charge in [-0.1, -0.05) is 29.3 Å². The van der Waals surface area contributed by atoms with Crippen molar-refractivity contribution < 1.29 is 13.2 Å². The smallest absolute Gasteiger partial charge is 0.261 e. The quantitative estimate of drug-likeness (QED) is 0.730. The van der Waals surface area contributed by atoms with Crippen LogP contribution in [0.5, 0.6) is 5.75 Å². The van der Waals surface area contributed by atoms with Crippen molar-refractivity contribution in [3.8, 4) is 5.75 Å². The first-order valence-corrected chi connectivity index (χ1v) is 8.96. The van der Waals surface area contributed by atoms with E-state index < -0.39 is 9.05 Å². The van der Waals surface area contributed by atoms with Gasteiger partial charge >= 0.3 is 0 Å². The van der Waals surface area contributed by atoms with E-state index >= 15 is 0 Å². The maximum absolute atomic E-state index is 11.2. The second-order valence-electron chi connectivity index (χ2n) is 4.39. The topological polar surface area (TPSA) is 43.4 Å². The molecule has 0 radical (unpaired) electrons. The van der Waals surface area contributed by atoms with Crippen molar-refractivity contribution in [3.63, 3.8) is 0 Å². The van der Waals surface area contributed by atoms with E-state index in [9.17, 15) is 8.42 Å². The van der Waals surface area contributed by atoms with E-state index in [0.717, 1.165) is 5.56 Å². The number of ether oxygens (including phenoxy) is 1. The van der Waals surface area contributed by atoms with Crippen LogP contribution in [0.3, 0.4) is 0 Å². The molecule has 7 heteroatoms. The van der Waals surface area contributed by atoms with E-state index in [4.69, 9.17) is 38.6 Å². The van der Waals surface area contributed by atoms with E-state index in [2.05, 4.69) is 0 Å². The van der Waals surface area contributed by atoms with E-state index in [1.165, 1.54) is 12.1 Å². The maximum Gasteiger partial charge on any atom is 0.261 e. The molecular weight excluding hydrogens is 355 g/mol. The zero-order valence-electron chi connectivity index (χ0n) is 10.9. The van der Waals surface area contributed by atoms with Gasteiger partial charge in [0.25, 0.3) is 9.05 Å². The van der Waals surface area contributed by atoms with Crippen LogP contribution in [-0.2, 0) is 15.7 Å². The normalized spacial score (nSPS) is 11.4. The summed E-state index contributed by atoms with van der Waals surface area (Å²) in [5.41, 5.74) is 1.45. The molecule has 0 aliphatic rings. The minimum Gasteiger partial charge on any atom is -0.489 e. The molecule has 0 bridgehead atoms. The Bertz CT molecular complexity index is 773. The number of aryl methyl sites for hydroxylation is 1. The van der Waals surface area contributed by atoms with Gasteiger partial charge in [0, 0.05) is 26.3 Å². The third-order valence-electron chi connectivity index (χ3n) is 2.83. The van der Waals surface area contributed by atoms with Crippen LogP contribution < -0.4 is 4.74 Å². The Hall–Kier alpha value is -0.940. The molecule has 0 atom stereocenters. The highest BCUT2D eigenvalue weighted by atomic mass is 35.7. The first-order chi connectivity index (χ1) is 9.77. The summed E-state index contributed by atoms with van der Waals surface area (Å²) in [4.78, 5) is 0.0403. The summed E-state index contributed by atoms with van der Waals surface area (Å²) in [6, 6.07) is 9.56. The number of halogens is 3. The molecule has 0 aromatic heterocycles. The lowest BCUT2D eigenvalue weighted by molar-refractivity contribution is 0.304. The SMILES string of the molecule is Cc1cc(S(=O)(=O)Cl)ccc1OCc1ccc(Cl)cc1Cl. The molecular formula is C14H11Cl3O3S. The largest absolute Gasteiger partial charge is 0.489 e. The summed E-state index contributed by atoms with van der Waals surface area (Å²) in [6.07, 6.45) is 0. The minimum atomic E-state index is -3.74. The van der Waals surface area contributed by atoms with Crippen molar-refractivity contribution in [3.05, 3.63) is 57.6 Å². The molecule has 0 aliphatic carbocycles. The van der Waals surface area contributed by atoms with Crippen molar-refractivity contribution in [1.82, 2.24) is 0 Å². The Morgan fingerprint density at radius 1 is 1.10 bits per heavy atom. The molecule has 2 aromatic rings. The molecule has 0 saturated heterocycles. The number of hydrogen-bond donors (Lipinski definition) is 0. The van der Waals surface area contributed by atoms with Crippen LogP contribution >= 0.6 is 33.9 Å². The summed E-state index contributed by atoms with van der Waals surface area (Å²) in [5, 5.41) is 1.07. The highest BCUT2D eigenvalue weighted by Gasteiger charge is 2.12. The lowest BCUT2D eigenvalue weighted by Crippen LogP contribution is -1.99. The second kappa shape index (κ2) is 6.44. The molecule has 0 saturated carbocycles. The van der Waals surface area contributed by atoms with Gasteiger partial charge < -0.3 is 4.74 Å². The van der Waals surface area contributed by atoms with Crippen LogP contribution in [0.25, 0.3) is 0 Å². The van der Waals surface area contributed by atoms with Crippen molar-refractivity contribution in [2.75, 3.05) is 0 Å². The van der Waals surface area contributed by atoms with Gasteiger partial charge in [0.1, 0.15) is 12.4 Å². The van der Waals surface area contributed by atoms with E-state index in [1.807, 2.05) is 0 Å². The summed E-state index contributed by atoms with van der Waals surface area (Å²) in [5.74, 6) is 0.560. The number of benzene rings is 2. The fourth-order valence-corrected chi connectivity index (χ4v) is 3.03. The van der Waals surface area contributed by atoms with Gasteiger partial charge in [-0.15, -0.1) is 0 Å². The van der Waals surface area contributed by atoms with Gasteiger partial charge in [0.15, 0.2) is 0 Å². The highest BCUT2D eigenvalue weighted by molar-refractivity contribution is 8.13. The summed E-state index contributed by atoms with van der Waals surface area (Å²) >= 11 is 11.9. The summed E-state index contributed by atoms with van der Waals surface area (Å²) in [6.45, 7) is 1.99. The van der Waals surface area contributed by atoms with Gasteiger partial charge in [-0.25, -0.2) is 8.42 Å². The standard InChI is InChI=1S/C14H11Cl3O3S/c1-9-6-12(21(17,18)19)4-5-14(9)20-8-10-2-3-11(15)7-13(10)16/h2-7H,8H2,1H3.